The maximum atomic E-state index is 12.9. The lowest BCUT2D eigenvalue weighted by atomic mass is 10.2. The Balaban J connectivity index is 1.91. The van der Waals surface area contributed by atoms with Gasteiger partial charge in [0.2, 0.25) is 11.8 Å². The minimum absolute atomic E-state index is 0.0776. The smallest absolute Gasteiger partial charge is 0.231 e. The topological polar surface area (TPSA) is 74.8 Å². The molecule has 142 valence electrons. The van der Waals surface area contributed by atoms with Gasteiger partial charge in [0.05, 0.1) is 4.90 Å². The summed E-state index contributed by atoms with van der Waals surface area (Å²) in [6, 6.07) is 14.0. The Morgan fingerprint density at radius 2 is 1.33 bits per heavy atom. The lowest BCUT2D eigenvalue weighted by molar-refractivity contribution is -0.138. The van der Waals surface area contributed by atoms with E-state index < -0.39 is 9.84 Å². The average molecular weight is 386 g/mol. The van der Waals surface area contributed by atoms with Gasteiger partial charge in [-0.05, 0) is 38.1 Å². The number of nitrogens with zero attached hydrogens (tertiary/aromatic N) is 2. The molecule has 6 nitrogen and oxygen atoms in total. The molecule has 7 heteroatoms. The molecule has 27 heavy (non-hydrogen) atoms. The van der Waals surface area contributed by atoms with Gasteiger partial charge >= 0.3 is 0 Å². The largest absolute Gasteiger partial charge is 0.338 e. The summed E-state index contributed by atoms with van der Waals surface area (Å²) >= 11 is 0. The van der Waals surface area contributed by atoms with Crippen LogP contribution in [0.3, 0.4) is 0 Å². The van der Waals surface area contributed by atoms with Gasteiger partial charge in [-0.1, -0.05) is 35.4 Å². The monoisotopic (exact) mass is 386 g/mol. The highest BCUT2D eigenvalue weighted by Gasteiger charge is 2.31. The van der Waals surface area contributed by atoms with Crippen LogP contribution in [0.2, 0.25) is 0 Å². The summed E-state index contributed by atoms with van der Waals surface area (Å²) < 4.78 is 25.8. The molecule has 0 atom stereocenters. The molecule has 3 rings (SSSR count). The van der Waals surface area contributed by atoms with Crippen molar-refractivity contribution in [2.45, 2.75) is 31.6 Å². The molecule has 1 heterocycles. The fourth-order valence-electron chi connectivity index (χ4n) is 2.93. The highest BCUT2D eigenvalue weighted by Crippen LogP contribution is 2.22. The van der Waals surface area contributed by atoms with Crippen LogP contribution >= 0.6 is 0 Å². The minimum atomic E-state index is -3.63. The van der Waals surface area contributed by atoms with Crippen molar-refractivity contribution in [3.63, 3.8) is 0 Å². The molecule has 2 amide bonds. The van der Waals surface area contributed by atoms with Gasteiger partial charge in [-0.3, -0.25) is 14.5 Å². The van der Waals surface area contributed by atoms with Gasteiger partial charge in [0.15, 0.2) is 9.84 Å². The molecule has 0 aliphatic carbocycles. The molecule has 0 aromatic heterocycles. The fraction of sp³-hybridized carbons (Fsp3) is 0.300. The van der Waals surface area contributed by atoms with Crippen LogP contribution in [-0.2, 0) is 19.4 Å². The number of amides is 2. The predicted molar refractivity (Wildman–Crippen MR) is 103 cm³/mol. The SMILES string of the molecule is Cc1ccc(N(CN2C(=O)CCC2=O)CS(=O)(=O)c2ccc(C)cc2)cc1. The summed E-state index contributed by atoms with van der Waals surface area (Å²) in [5.74, 6) is -0.870. The molecular formula is C20H22N2O4S. The van der Waals surface area contributed by atoms with Crippen LogP contribution in [0.1, 0.15) is 24.0 Å². The van der Waals surface area contributed by atoms with E-state index in [1.165, 1.54) is 0 Å². The molecule has 0 unspecified atom stereocenters. The van der Waals surface area contributed by atoms with E-state index in [1.54, 1.807) is 41.3 Å². The van der Waals surface area contributed by atoms with E-state index in [9.17, 15) is 18.0 Å². The summed E-state index contributed by atoms with van der Waals surface area (Å²) in [4.78, 5) is 26.9. The standard InChI is InChI=1S/C20H22N2O4S/c1-15-3-7-17(8-4-15)21(13-22-19(23)11-12-20(22)24)14-27(25,26)18-9-5-16(2)6-10-18/h3-10H,11-14H2,1-2H3. The Morgan fingerprint density at radius 3 is 1.85 bits per heavy atom. The van der Waals surface area contributed by atoms with E-state index >= 15 is 0 Å². The first-order chi connectivity index (χ1) is 12.8. The average Bonchev–Trinajstić information content (AvgIpc) is 2.94. The molecule has 0 saturated carbocycles. The second-order valence-electron chi connectivity index (χ2n) is 6.79. The summed E-state index contributed by atoms with van der Waals surface area (Å²) in [5.41, 5.74) is 2.65. The first-order valence-corrected chi connectivity index (χ1v) is 10.4. The van der Waals surface area contributed by atoms with Crippen molar-refractivity contribution in [1.29, 1.82) is 0 Å². The molecule has 0 radical (unpaired) electrons. The number of rotatable bonds is 6. The van der Waals surface area contributed by atoms with E-state index in [2.05, 4.69) is 0 Å². The highest BCUT2D eigenvalue weighted by atomic mass is 32.2. The quantitative estimate of drug-likeness (QED) is 0.714. The van der Waals surface area contributed by atoms with Crippen molar-refractivity contribution in [2.24, 2.45) is 0 Å². The van der Waals surface area contributed by atoms with Crippen molar-refractivity contribution in [2.75, 3.05) is 17.4 Å². The van der Waals surface area contributed by atoms with E-state index in [1.807, 2.05) is 26.0 Å². The third kappa shape index (κ3) is 4.36. The first-order valence-electron chi connectivity index (χ1n) is 8.70. The van der Waals surface area contributed by atoms with Gasteiger partial charge in [0, 0.05) is 18.5 Å². The molecule has 1 aliphatic heterocycles. The highest BCUT2D eigenvalue weighted by molar-refractivity contribution is 7.91. The van der Waals surface area contributed by atoms with E-state index in [0.717, 1.165) is 16.0 Å². The fourth-order valence-corrected chi connectivity index (χ4v) is 4.27. The van der Waals surface area contributed by atoms with Crippen LogP contribution < -0.4 is 4.90 Å². The maximum absolute atomic E-state index is 12.9. The number of hydrogen-bond acceptors (Lipinski definition) is 5. The van der Waals surface area contributed by atoms with Crippen molar-refractivity contribution in [3.05, 3.63) is 59.7 Å². The van der Waals surface area contributed by atoms with Gasteiger partial charge in [0.25, 0.3) is 0 Å². The van der Waals surface area contributed by atoms with Gasteiger partial charge in [-0.25, -0.2) is 8.42 Å². The van der Waals surface area contributed by atoms with Crippen molar-refractivity contribution >= 4 is 27.3 Å². The Morgan fingerprint density at radius 1 is 0.852 bits per heavy atom. The zero-order valence-corrected chi connectivity index (χ0v) is 16.2. The Kier molecular flexibility index (Phi) is 5.32. The number of carbonyl (C=O) groups is 2. The number of sulfone groups is 1. The van der Waals surface area contributed by atoms with Crippen LogP contribution in [0.4, 0.5) is 5.69 Å². The summed E-state index contributed by atoms with van der Waals surface area (Å²) in [6.45, 7) is 3.75. The van der Waals surface area contributed by atoms with E-state index in [4.69, 9.17) is 0 Å². The van der Waals surface area contributed by atoms with Crippen LogP contribution in [0, 0.1) is 13.8 Å². The molecule has 0 bridgehead atoms. The zero-order valence-electron chi connectivity index (χ0n) is 15.4. The second kappa shape index (κ2) is 7.52. The summed E-state index contributed by atoms with van der Waals surface area (Å²) in [7, 11) is -3.63. The Hall–Kier alpha value is -2.67. The van der Waals surface area contributed by atoms with Gasteiger partial charge in [-0.15, -0.1) is 0 Å². The molecule has 0 N–H and O–H groups in total. The zero-order chi connectivity index (χ0) is 19.6. The number of benzene rings is 2. The van der Waals surface area contributed by atoms with Gasteiger partial charge < -0.3 is 4.90 Å². The van der Waals surface area contributed by atoms with E-state index in [0.29, 0.717) is 5.69 Å². The number of anilines is 1. The third-order valence-electron chi connectivity index (χ3n) is 4.57. The second-order valence-corrected chi connectivity index (χ2v) is 8.75. The van der Waals surface area contributed by atoms with Crippen LogP contribution in [0.25, 0.3) is 0 Å². The Labute approximate surface area is 159 Å². The van der Waals surface area contributed by atoms with Crippen LogP contribution in [0.15, 0.2) is 53.4 Å². The van der Waals surface area contributed by atoms with E-state index in [-0.39, 0.29) is 42.1 Å². The van der Waals surface area contributed by atoms with Crippen LogP contribution in [0.5, 0.6) is 0 Å². The van der Waals surface area contributed by atoms with Gasteiger partial charge in [0.1, 0.15) is 12.5 Å². The van der Waals surface area contributed by atoms with Crippen molar-refractivity contribution < 1.29 is 18.0 Å². The number of aryl methyl sites for hydroxylation is 2. The van der Waals surface area contributed by atoms with Crippen molar-refractivity contribution in [3.8, 4) is 0 Å². The predicted octanol–water partition coefficient (Wildman–Crippen LogP) is 2.65. The third-order valence-corrected chi connectivity index (χ3v) is 6.21. The lowest BCUT2D eigenvalue weighted by Crippen LogP contribution is -2.43. The normalized spacial score (nSPS) is 14.7. The molecule has 1 fully saturated rings. The lowest BCUT2D eigenvalue weighted by Gasteiger charge is -2.28. The molecule has 1 aliphatic rings. The maximum Gasteiger partial charge on any atom is 0.231 e. The Bertz CT molecular complexity index is 934. The van der Waals surface area contributed by atoms with Crippen molar-refractivity contribution in [1.82, 2.24) is 4.90 Å². The first kappa shape index (κ1) is 19.1. The number of carbonyl (C=O) groups excluding carboxylic acids is 2. The molecular weight excluding hydrogens is 364 g/mol. The molecule has 1 saturated heterocycles. The number of likely N-dealkylation sites (tertiary alicyclic amines) is 1. The van der Waals surface area contributed by atoms with Crippen LogP contribution in [-0.4, -0.2) is 37.7 Å². The number of hydrogen-bond donors (Lipinski definition) is 0. The molecule has 2 aromatic carbocycles. The summed E-state index contributed by atoms with van der Waals surface area (Å²) in [6.07, 6.45) is 0.344. The summed E-state index contributed by atoms with van der Waals surface area (Å²) in [5, 5.41) is 0. The molecule has 0 spiro atoms. The number of imide groups is 1. The minimum Gasteiger partial charge on any atom is -0.338 e. The molecule has 2 aromatic rings. The van der Waals surface area contributed by atoms with Gasteiger partial charge in [-0.2, -0.15) is 0 Å².